The van der Waals surface area contributed by atoms with Crippen molar-refractivity contribution >= 4 is 23.8 Å². The highest BCUT2D eigenvalue weighted by Crippen LogP contribution is 2.17. The first-order valence-corrected chi connectivity index (χ1v) is 4.18. The van der Waals surface area contributed by atoms with Crippen LogP contribution in [0.25, 0.3) is 0 Å². The Labute approximate surface area is 90.7 Å². The smallest absolute Gasteiger partial charge is 0.335 e. The molecule has 0 saturated heterocycles. The minimum atomic E-state index is -1.12. The lowest BCUT2D eigenvalue weighted by atomic mass is 10.1. The Bertz CT molecular complexity index is 464. The van der Waals surface area contributed by atoms with E-state index in [2.05, 4.69) is 10.1 Å². The number of nitrogens with zero attached hydrogens (tertiary/aromatic N) is 2. The number of hydrogen-bond donors (Lipinski definition) is 4. The highest BCUT2D eigenvalue weighted by atomic mass is 16.4. The molecule has 7 heteroatoms. The Morgan fingerprint density at radius 3 is 2.50 bits per heavy atom. The summed E-state index contributed by atoms with van der Waals surface area (Å²) in [6.07, 6.45) is 1.08. The molecule has 0 aliphatic carbocycles. The van der Waals surface area contributed by atoms with E-state index in [-0.39, 0.29) is 17.2 Å². The number of carbonyl (C=O) groups is 1. The van der Waals surface area contributed by atoms with Crippen molar-refractivity contribution < 1.29 is 15.1 Å². The second kappa shape index (κ2) is 4.78. The van der Waals surface area contributed by atoms with E-state index in [0.717, 1.165) is 6.21 Å². The first-order valence-electron chi connectivity index (χ1n) is 4.18. The molecule has 0 amide bonds. The summed E-state index contributed by atoms with van der Waals surface area (Å²) in [5, 5.41) is 20.0. The fraction of sp³-hybridized carbons (Fsp3) is 0. The van der Waals surface area contributed by atoms with Gasteiger partial charge in [0.1, 0.15) is 0 Å². The zero-order valence-corrected chi connectivity index (χ0v) is 8.16. The van der Waals surface area contributed by atoms with E-state index >= 15 is 0 Å². The van der Waals surface area contributed by atoms with E-state index in [9.17, 15) is 4.79 Å². The molecule has 0 aliphatic heterocycles. The number of carboxylic acid groups (broad SMARTS) is 1. The topological polar surface area (TPSA) is 134 Å². The van der Waals surface area contributed by atoms with Crippen LogP contribution >= 0.6 is 0 Å². The van der Waals surface area contributed by atoms with Crippen molar-refractivity contribution in [3.63, 3.8) is 0 Å². The molecule has 0 spiro atoms. The fourth-order valence-electron chi connectivity index (χ4n) is 1.11. The van der Waals surface area contributed by atoms with Gasteiger partial charge in [-0.05, 0) is 23.8 Å². The van der Waals surface area contributed by atoms with E-state index < -0.39 is 5.97 Å². The van der Waals surface area contributed by atoms with Gasteiger partial charge in [-0.3, -0.25) is 0 Å². The van der Waals surface area contributed by atoms with Crippen molar-refractivity contribution in [2.75, 3.05) is 0 Å². The SMILES string of the molecule is NC(N)=Nc1cc(/C=N\O)cc(C(=O)O)c1. The monoisotopic (exact) mass is 222 g/mol. The van der Waals surface area contributed by atoms with Gasteiger partial charge in [0.2, 0.25) is 0 Å². The van der Waals surface area contributed by atoms with Crippen LogP contribution in [0.15, 0.2) is 28.3 Å². The highest BCUT2D eigenvalue weighted by Gasteiger charge is 2.06. The molecule has 0 aliphatic rings. The van der Waals surface area contributed by atoms with E-state index in [0.29, 0.717) is 5.56 Å². The largest absolute Gasteiger partial charge is 0.478 e. The molecule has 1 aromatic rings. The Kier molecular flexibility index (Phi) is 3.44. The molecular formula is C9H10N4O3. The van der Waals surface area contributed by atoms with Crippen LogP contribution in [0.3, 0.4) is 0 Å². The van der Waals surface area contributed by atoms with Gasteiger partial charge >= 0.3 is 5.97 Å². The first kappa shape index (κ1) is 11.5. The second-order valence-electron chi connectivity index (χ2n) is 2.90. The molecule has 0 bridgehead atoms. The minimum Gasteiger partial charge on any atom is -0.478 e. The third-order valence-electron chi connectivity index (χ3n) is 1.65. The molecule has 1 aromatic carbocycles. The summed E-state index contributed by atoms with van der Waals surface area (Å²) >= 11 is 0. The predicted octanol–water partition coefficient (Wildman–Crippen LogP) is 0.0978. The Balaban J connectivity index is 3.29. The number of rotatable bonds is 3. The second-order valence-corrected chi connectivity index (χ2v) is 2.90. The molecule has 0 aromatic heterocycles. The van der Waals surface area contributed by atoms with E-state index in [1.807, 2.05) is 0 Å². The maximum absolute atomic E-state index is 10.8. The van der Waals surface area contributed by atoms with Crippen molar-refractivity contribution in [3.8, 4) is 0 Å². The number of nitrogens with two attached hydrogens (primary N) is 2. The molecule has 0 fully saturated rings. The Morgan fingerprint density at radius 2 is 2.00 bits per heavy atom. The van der Waals surface area contributed by atoms with Crippen molar-refractivity contribution in [1.82, 2.24) is 0 Å². The molecule has 7 nitrogen and oxygen atoms in total. The normalized spacial score (nSPS) is 10.2. The molecule has 16 heavy (non-hydrogen) atoms. The Morgan fingerprint density at radius 1 is 1.31 bits per heavy atom. The zero-order chi connectivity index (χ0) is 12.1. The lowest BCUT2D eigenvalue weighted by Gasteiger charge is -2.00. The van der Waals surface area contributed by atoms with Crippen LogP contribution in [0.4, 0.5) is 5.69 Å². The molecule has 0 atom stereocenters. The van der Waals surface area contributed by atoms with Crippen molar-refractivity contribution in [3.05, 3.63) is 29.3 Å². The lowest BCUT2D eigenvalue weighted by Crippen LogP contribution is -2.21. The summed E-state index contributed by atoms with van der Waals surface area (Å²) < 4.78 is 0. The highest BCUT2D eigenvalue weighted by molar-refractivity contribution is 5.93. The average Bonchev–Trinajstić information content (AvgIpc) is 2.16. The Hall–Kier alpha value is -2.57. The van der Waals surface area contributed by atoms with Gasteiger partial charge in [-0.15, -0.1) is 0 Å². The van der Waals surface area contributed by atoms with Crippen LogP contribution in [0.2, 0.25) is 0 Å². The summed E-state index contributed by atoms with van der Waals surface area (Å²) in [4.78, 5) is 14.5. The summed E-state index contributed by atoms with van der Waals surface area (Å²) in [6, 6.07) is 4.11. The van der Waals surface area contributed by atoms with E-state index in [1.54, 1.807) is 0 Å². The van der Waals surface area contributed by atoms with Gasteiger partial charge in [-0.2, -0.15) is 0 Å². The van der Waals surface area contributed by atoms with Crippen LogP contribution in [0, 0.1) is 0 Å². The quantitative estimate of drug-likeness (QED) is 0.249. The number of oxime groups is 1. The zero-order valence-electron chi connectivity index (χ0n) is 8.16. The summed E-state index contributed by atoms with van der Waals surface area (Å²) in [5.41, 5.74) is 11.0. The van der Waals surface area contributed by atoms with Gasteiger partial charge < -0.3 is 21.8 Å². The first-order chi connectivity index (χ1) is 7.52. The molecule has 0 saturated carbocycles. The molecule has 0 heterocycles. The van der Waals surface area contributed by atoms with Crippen molar-refractivity contribution in [2.45, 2.75) is 0 Å². The van der Waals surface area contributed by atoms with Crippen LogP contribution in [-0.4, -0.2) is 28.5 Å². The molecular weight excluding hydrogens is 212 g/mol. The van der Waals surface area contributed by atoms with Gasteiger partial charge in [0.15, 0.2) is 5.96 Å². The number of guanidine groups is 1. The maximum Gasteiger partial charge on any atom is 0.335 e. The number of carboxylic acids is 1. The predicted molar refractivity (Wildman–Crippen MR) is 58.3 cm³/mol. The number of benzene rings is 1. The fourth-order valence-corrected chi connectivity index (χ4v) is 1.11. The molecule has 6 N–H and O–H groups in total. The summed E-state index contributed by atoms with van der Waals surface area (Å²) in [7, 11) is 0. The third kappa shape index (κ3) is 2.98. The molecule has 1 rings (SSSR count). The van der Waals surface area contributed by atoms with E-state index in [4.69, 9.17) is 21.8 Å². The van der Waals surface area contributed by atoms with Gasteiger partial charge in [0, 0.05) is 0 Å². The van der Waals surface area contributed by atoms with Crippen LogP contribution in [-0.2, 0) is 0 Å². The number of hydrogen-bond acceptors (Lipinski definition) is 4. The maximum atomic E-state index is 10.8. The lowest BCUT2D eigenvalue weighted by molar-refractivity contribution is 0.0697. The number of aromatic carboxylic acids is 1. The average molecular weight is 222 g/mol. The van der Waals surface area contributed by atoms with Gasteiger partial charge in [-0.25, -0.2) is 9.79 Å². The van der Waals surface area contributed by atoms with Crippen LogP contribution < -0.4 is 11.5 Å². The summed E-state index contributed by atoms with van der Waals surface area (Å²) in [6.45, 7) is 0. The van der Waals surface area contributed by atoms with E-state index in [1.165, 1.54) is 18.2 Å². The van der Waals surface area contributed by atoms with Crippen LogP contribution in [0.1, 0.15) is 15.9 Å². The molecule has 0 radical (unpaired) electrons. The number of aliphatic imine (C=N–C) groups is 1. The van der Waals surface area contributed by atoms with Gasteiger partial charge in [-0.1, -0.05) is 5.16 Å². The van der Waals surface area contributed by atoms with Crippen LogP contribution in [0.5, 0.6) is 0 Å². The van der Waals surface area contributed by atoms with Crippen molar-refractivity contribution in [1.29, 1.82) is 0 Å². The van der Waals surface area contributed by atoms with Gasteiger partial charge in [0.05, 0.1) is 17.5 Å². The standard InChI is InChI=1S/C9H10N4O3/c10-9(11)13-7-2-5(4-12-16)1-6(3-7)8(14)15/h1-4,16H,(H,14,15)(H4,10,11,13)/b12-4-. The van der Waals surface area contributed by atoms with Crippen molar-refractivity contribution in [2.24, 2.45) is 21.6 Å². The summed E-state index contributed by atoms with van der Waals surface area (Å²) in [5.74, 6) is -1.31. The minimum absolute atomic E-state index is 0.00241. The van der Waals surface area contributed by atoms with Gasteiger partial charge in [0.25, 0.3) is 0 Å². The third-order valence-corrected chi connectivity index (χ3v) is 1.65. The molecule has 84 valence electrons. The molecule has 0 unspecified atom stereocenters.